The highest BCUT2D eigenvalue weighted by Gasteiger charge is 2.14. The normalized spacial score (nSPS) is 10.6. The zero-order valence-electron chi connectivity index (χ0n) is 16.9. The van der Waals surface area contributed by atoms with E-state index in [1.165, 1.54) is 22.9 Å². The lowest BCUT2D eigenvalue weighted by molar-refractivity contribution is -0.113. The van der Waals surface area contributed by atoms with Crippen molar-refractivity contribution in [1.82, 2.24) is 14.8 Å². The van der Waals surface area contributed by atoms with Gasteiger partial charge in [-0.3, -0.25) is 9.36 Å². The monoisotopic (exact) mass is 442 g/mol. The van der Waals surface area contributed by atoms with Gasteiger partial charge in [0, 0.05) is 17.3 Å². The minimum absolute atomic E-state index is 0.136. The average molecular weight is 443 g/mol. The van der Waals surface area contributed by atoms with E-state index in [1.807, 2.05) is 29.7 Å². The fourth-order valence-corrected chi connectivity index (χ4v) is 3.55. The fraction of sp³-hybridized carbons (Fsp3) is 0.227. The average Bonchev–Trinajstić information content (AvgIpc) is 3.11. The Morgan fingerprint density at radius 1 is 1.20 bits per heavy atom. The smallest absolute Gasteiger partial charge is 0.234 e. The van der Waals surface area contributed by atoms with Gasteiger partial charge in [0.2, 0.25) is 5.91 Å². The van der Waals surface area contributed by atoms with Crippen LogP contribution in [0.25, 0.3) is 0 Å². The van der Waals surface area contributed by atoms with Crippen LogP contribution in [-0.2, 0) is 17.9 Å². The summed E-state index contributed by atoms with van der Waals surface area (Å²) in [5, 5.41) is 12.5. The highest BCUT2D eigenvalue weighted by Crippen LogP contribution is 2.21. The first kappa shape index (κ1) is 21.9. The standard InChI is InChI=1S/C22H23ClN4O2S/c1-4-11-27-20(13-29-19-10-5-15(2)16(3)12-19)25-26-22(27)30-14-21(28)24-18-8-6-17(23)7-9-18/h4-10,12H,1,11,13-14H2,2-3H3,(H,24,28). The first-order chi connectivity index (χ1) is 14.5. The van der Waals surface area contributed by atoms with E-state index in [0.717, 1.165) is 5.75 Å². The van der Waals surface area contributed by atoms with Crippen molar-refractivity contribution in [1.29, 1.82) is 0 Å². The van der Waals surface area contributed by atoms with Crippen LogP contribution in [0, 0.1) is 13.8 Å². The van der Waals surface area contributed by atoms with Crippen molar-refractivity contribution in [2.24, 2.45) is 0 Å². The molecule has 0 radical (unpaired) electrons. The predicted octanol–water partition coefficient (Wildman–Crippen LogP) is 5.04. The molecule has 0 fully saturated rings. The zero-order chi connectivity index (χ0) is 21.5. The van der Waals surface area contributed by atoms with Gasteiger partial charge in [-0.05, 0) is 61.4 Å². The molecule has 156 valence electrons. The maximum Gasteiger partial charge on any atom is 0.234 e. The molecule has 0 spiro atoms. The van der Waals surface area contributed by atoms with Gasteiger partial charge in [-0.15, -0.1) is 16.8 Å². The lowest BCUT2D eigenvalue weighted by atomic mass is 10.1. The minimum Gasteiger partial charge on any atom is -0.486 e. The molecule has 8 heteroatoms. The number of halogens is 1. The van der Waals surface area contributed by atoms with Crippen molar-refractivity contribution < 1.29 is 9.53 Å². The van der Waals surface area contributed by atoms with Crippen LogP contribution in [0.5, 0.6) is 5.75 Å². The van der Waals surface area contributed by atoms with Gasteiger partial charge in [0.25, 0.3) is 0 Å². The van der Waals surface area contributed by atoms with Crippen molar-refractivity contribution >= 4 is 35.0 Å². The summed E-state index contributed by atoms with van der Waals surface area (Å²) in [5.74, 6) is 1.52. The lowest BCUT2D eigenvalue weighted by Gasteiger charge is -2.10. The second-order valence-corrected chi connectivity index (χ2v) is 8.06. The number of allylic oxidation sites excluding steroid dienone is 1. The van der Waals surface area contributed by atoms with Gasteiger partial charge in [0.15, 0.2) is 11.0 Å². The van der Waals surface area contributed by atoms with Gasteiger partial charge in [-0.25, -0.2) is 0 Å². The van der Waals surface area contributed by atoms with E-state index in [1.54, 1.807) is 30.3 Å². The topological polar surface area (TPSA) is 69.0 Å². The molecule has 0 saturated carbocycles. The molecule has 1 aromatic heterocycles. The zero-order valence-corrected chi connectivity index (χ0v) is 18.5. The van der Waals surface area contributed by atoms with E-state index in [-0.39, 0.29) is 18.3 Å². The Hall–Kier alpha value is -2.77. The molecule has 0 aliphatic carbocycles. The molecule has 0 aliphatic rings. The summed E-state index contributed by atoms with van der Waals surface area (Å²) >= 11 is 7.18. The quantitative estimate of drug-likeness (QED) is 0.371. The molecule has 1 N–H and O–H groups in total. The second-order valence-electron chi connectivity index (χ2n) is 6.68. The molecule has 3 rings (SSSR count). The molecule has 3 aromatic rings. The molecule has 1 amide bonds. The lowest BCUT2D eigenvalue weighted by Crippen LogP contribution is -2.15. The molecule has 2 aromatic carbocycles. The van der Waals surface area contributed by atoms with Gasteiger partial charge >= 0.3 is 0 Å². The van der Waals surface area contributed by atoms with Crippen LogP contribution in [0.15, 0.2) is 60.3 Å². The number of hydrogen-bond acceptors (Lipinski definition) is 5. The van der Waals surface area contributed by atoms with Crippen LogP contribution < -0.4 is 10.1 Å². The number of nitrogens with one attached hydrogen (secondary N) is 1. The maximum absolute atomic E-state index is 12.2. The Balaban J connectivity index is 1.61. The maximum atomic E-state index is 12.2. The highest BCUT2D eigenvalue weighted by atomic mass is 35.5. The van der Waals surface area contributed by atoms with E-state index in [2.05, 4.69) is 29.0 Å². The highest BCUT2D eigenvalue weighted by molar-refractivity contribution is 7.99. The number of amides is 1. The first-order valence-electron chi connectivity index (χ1n) is 9.37. The Bertz CT molecular complexity index is 1030. The number of aryl methyl sites for hydroxylation is 2. The molecular weight excluding hydrogens is 420 g/mol. The number of carbonyl (C=O) groups excluding carboxylic acids is 1. The Morgan fingerprint density at radius 3 is 2.67 bits per heavy atom. The Kier molecular flexibility index (Phi) is 7.54. The van der Waals surface area contributed by atoms with Gasteiger partial charge in [0.1, 0.15) is 12.4 Å². The summed E-state index contributed by atoms with van der Waals surface area (Å²) in [6, 6.07) is 12.9. The Labute approximate surface area is 185 Å². The molecule has 6 nitrogen and oxygen atoms in total. The van der Waals surface area contributed by atoms with Crippen molar-refractivity contribution in [3.05, 3.63) is 77.1 Å². The van der Waals surface area contributed by atoms with Gasteiger partial charge in [0.05, 0.1) is 5.75 Å². The van der Waals surface area contributed by atoms with Gasteiger partial charge < -0.3 is 10.1 Å². The summed E-state index contributed by atoms with van der Waals surface area (Å²) in [7, 11) is 0. The largest absolute Gasteiger partial charge is 0.486 e. The molecule has 0 bridgehead atoms. The van der Waals surface area contributed by atoms with Crippen molar-refractivity contribution in [2.75, 3.05) is 11.1 Å². The summed E-state index contributed by atoms with van der Waals surface area (Å²) in [6.45, 7) is 8.71. The van der Waals surface area contributed by atoms with E-state index in [0.29, 0.717) is 28.2 Å². The van der Waals surface area contributed by atoms with Crippen molar-refractivity contribution in [2.45, 2.75) is 32.2 Å². The number of aromatic nitrogens is 3. The second kappa shape index (κ2) is 10.3. The number of ether oxygens (including phenoxy) is 1. The summed E-state index contributed by atoms with van der Waals surface area (Å²) in [5.41, 5.74) is 3.08. The van der Waals surface area contributed by atoms with E-state index in [4.69, 9.17) is 16.3 Å². The van der Waals surface area contributed by atoms with E-state index < -0.39 is 0 Å². The third-order valence-electron chi connectivity index (χ3n) is 4.41. The van der Waals surface area contributed by atoms with Crippen LogP contribution in [0.4, 0.5) is 5.69 Å². The SMILES string of the molecule is C=CCn1c(COc2ccc(C)c(C)c2)nnc1SCC(=O)Nc1ccc(Cl)cc1. The minimum atomic E-state index is -0.136. The molecule has 0 unspecified atom stereocenters. The third kappa shape index (κ3) is 5.87. The molecule has 1 heterocycles. The van der Waals surface area contributed by atoms with Crippen LogP contribution >= 0.6 is 23.4 Å². The van der Waals surface area contributed by atoms with Gasteiger partial charge in [-0.1, -0.05) is 35.5 Å². The summed E-state index contributed by atoms with van der Waals surface area (Å²) in [6.07, 6.45) is 1.76. The number of carbonyl (C=O) groups is 1. The molecule has 0 saturated heterocycles. The van der Waals surface area contributed by atoms with Gasteiger partial charge in [-0.2, -0.15) is 0 Å². The molecule has 0 atom stereocenters. The van der Waals surface area contributed by atoms with E-state index in [9.17, 15) is 4.79 Å². The number of benzene rings is 2. The van der Waals surface area contributed by atoms with E-state index >= 15 is 0 Å². The number of hydrogen-bond donors (Lipinski definition) is 1. The summed E-state index contributed by atoms with van der Waals surface area (Å²) in [4.78, 5) is 12.2. The number of thioether (sulfide) groups is 1. The number of nitrogens with zero attached hydrogens (tertiary/aromatic N) is 3. The number of rotatable bonds is 9. The van der Waals surface area contributed by atoms with Crippen LogP contribution in [0.1, 0.15) is 17.0 Å². The van der Waals surface area contributed by atoms with Crippen molar-refractivity contribution in [3.63, 3.8) is 0 Å². The molecule has 0 aliphatic heterocycles. The number of anilines is 1. The Morgan fingerprint density at radius 2 is 1.97 bits per heavy atom. The molecule has 30 heavy (non-hydrogen) atoms. The summed E-state index contributed by atoms with van der Waals surface area (Å²) < 4.78 is 7.78. The van der Waals surface area contributed by atoms with Crippen molar-refractivity contribution in [3.8, 4) is 5.75 Å². The fourth-order valence-electron chi connectivity index (χ4n) is 2.66. The molecular formula is C22H23ClN4O2S. The predicted molar refractivity (Wildman–Crippen MR) is 121 cm³/mol. The van der Waals surface area contributed by atoms with Crippen LogP contribution in [0.3, 0.4) is 0 Å². The third-order valence-corrected chi connectivity index (χ3v) is 5.63. The van der Waals surface area contributed by atoms with Crippen LogP contribution in [-0.4, -0.2) is 26.4 Å². The van der Waals surface area contributed by atoms with Crippen LogP contribution in [0.2, 0.25) is 5.02 Å². The first-order valence-corrected chi connectivity index (χ1v) is 10.7.